The van der Waals surface area contributed by atoms with Crippen molar-refractivity contribution < 1.29 is 4.79 Å². The lowest BCUT2D eigenvalue weighted by Gasteiger charge is -2.22. The summed E-state index contributed by atoms with van der Waals surface area (Å²) < 4.78 is 1.84. The SMILES string of the molecule is Cc1nc2c(cnn2C(C)C)cc1C(=O)NC1(C#N)CCCC1. The van der Waals surface area contributed by atoms with E-state index in [1.807, 2.05) is 31.5 Å². The van der Waals surface area contributed by atoms with Gasteiger partial charge in [0.25, 0.3) is 5.91 Å². The van der Waals surface area contributed by atoms with E-state index < -0.39 is 5.54 Å². The molecule has 1 fully saturated rings. The molecule has 1 amide bonds. The molecule has 6 heteroatoms. The summed E-state index contributed by atoms with van der Waals surface area (Å²) in [4.78, 5) is 17.2. The van der Waals surface area contributed by atoms with Crippen LogP contribution in [0.4, 0.5) is 0 Å². The molecule has 2 heterocycles. The summed E-state index contributed by atoms with van der Waals surface area (Å²) in [5, 5.41) is 17.5. The highest BCUT2D eigenvalue weighted by Crippen LogP contribution is 2.29. The van der Waals surface area contributed by atoms with Gasteiger partial charge in [0, 0.05) is 11.4 Å². The van der Waals surface area contributed by atoms with Crippen LogP contribution in [0.15, 0.2) is 12.3 Å². The molecule has 0 bridgehead atoms. The normalized spacial score (nSPS) is 16.7. The molecule has 0 unspecified atom stereocenters. The number of pyridine rings is 1. The third-order valence-corrected chi connectivity index (χ3v) is 4.52. The first kappa shape index (κ1) is 15.5. The number of hydrogen-bond acceptors (Lipinski definition) is 4. The number of nitrogens with one attached hydrogen (secondary N) is 1. The zero-order chi connectivity index (χ0) is 16.6. The van der Waals surface area contributed by atoms with Gasteiger partial charge in [-0.05, 0) is 52.5 Å². The smallest absolute Gasteiger partial charge is 0.254 e. The molecule has 0 atom stereocenters. The van der Waals surface area contributed by atoms with Crippen LogP contribution < -0.4 is 5.32 Å². The largest absolute Gasteiger partial charge is 0.334 e. The average molecular weight is 311 g/mol. The number of amides is 1. The number of carbonyl (C=O) groups excluding carboxylic acids is 1. The minimum Gasteiger partial charge on any atom is -0.334 e. The van der Waals surface area contributed by atoms with Crippen LogP contribution in [0.5, 0.6) is 0 Å². The third-order valence-electron chi connectivity index (χ3n) is 4.52. The first-order chi connectivity index (χ1) is 11.0. The Hall–Kier alpha value is -2.42. The van der Waals surface area contributed by atoms with Gasteiger partial charge in [-0.15, -0.1) is 0 Å². The van der Waals surface area contributed by atoms with E-state index in [4.69, 9.17) is 0 Å². The Morgan fingerprint density at radius 1 is 1.43 bits per heavy atom. The van der Waals surface area contributed by atoms with Crippen LogP contribution in [-0.2, 0) is 0 Å². The molecule has 0 radical (unpaired) electrons. The monoisotopic (exact) mass is 311 g/mol. The van der Waals surface area contributed by atoms with Gasteiger partial charge in [0.2, 0.25) is 0 Å². The summed E-state index contributed by atoms with van der Waals surface area (Å²) in [7, 11) is 0. The number of carbonyl (C=O) groups is 1. The number of fused-ring (bicyclic) bond motifs is 1. The summed E-state index contributed by atoms with van der Waals surface area (Å²) in [5.74, 6) is -0.224. The number of rotatable bonds is 3. The van der Waals surface area contributed by atoms with E-state index >= 15 is 0 Å². The minimum atomic E-state index is -0.722. The van der Waals surface area contributed by atoms with E-state index in [0.29, 0.717) is 11.3 Å². The van der Waals surface area contributed by atoms with Crippen molar-refractivity contribution in [2.24, 2.45) is 0 Å². The molecular formula is C17H21N5O. The molecule has 0 spiro atoms. The van der Waals surface area contributed by atoms with Crippen LogP contribution in [0, 0.1) is 18.3 Å². The van der Waals surface area contributed by atoms with Crippen LogP contribution in [0.1, 0.15) is 61.6 Å². The second-order valence-corrected chi connectivity index (χ2v) is 6.57. The Balaban J connectivity index is 1.95. The fourth-order valence-electron chi connectivity index (χ4n) is 3.20. The topological polar surface area (TPSA) is 83.6 Å². The van der Waals surface area contributed by atoms with E-state index in [9.17, 15) is 10.1 Å². The highest BCUT2D eigenvalue weighted by atomic mass is 16.1. The molecule has 120 valence electrons. The van der Waals surface area contributed by atoms with Crippen molar-refractivity contribution in [3.8, 4) is 6.07 Å². The lowest BCUT2D eigenvalue weighted by molar-refractivity contribution is 0.0920. The van der Waals surface area contributed by atoms with Crippen molar-refractivity contribution in [1.82, 2.24) is 20.1 Å². The molecule has 1 aliphatic rings. The van der Waals surface area contributed by atoms with Crippen molar-refractivity contribution in [2.45, 2.75) is 58.0 Å². The second-order valence-electron chi connectivity index (χ2n) is 6.57. The van der Waals surface area contributed by atoms with Crippen LogP contribution in [0.3, 0.4) is 0 Å². The molecule has 3 rings (SSSR count). The van der Waals surface area contributed by atoms with E-state index in [1.165, 1.54) is 0 Å². The number of nitriles is 1. The zero-order valence-corrected chi connectivity index (χ0v) is 13.8. The Labute approximate surface area is 135 Å². The number of aromatic nitrogens is 3. The Kier molecular flexibility index (Phi) is 3.80. The fraction of sp³-hybridized carbons (Fsp3) is 0.529. The second kappa shape index (κ2) is 5.65. The van der Waals surface area contributed by atoms with Crippen molar-refractivity contribution in [3.05, 3.63) is 23.5 Å². The molecular weight excluding hydrogens is 290 g/mol. The molecule has 6 nitrogen and oxygen atoms in total. The summed E-state index contributed by atoms with van der Waals surface area (Å²) in [6, 6.07) is 4.31. The molecule has 1 aliphatic carbocycles. The van der Waals surface area contributed by atoms with Crippen molar-refractivity contribution in [3.63, 3.8) is 0 Å². The van der Waals surface area contributed by atoms with Gasteiger partial charge in [0.15, 0.2) is 5.65 Å². The lowest BCUT2D eigenvalue weighted by atomic mass is 9.99. The summed E-state index contributed by atoms with van der Waals surface area (Å²) in [5.41, 5.74) is 1.23. The third kappa shape index (κ3) is 2.67. The Morgan fingerprint density at radius 3 is 2.74 bits per heavy atom. The van der Waals surface area contributed by atoms with Crippen molar-refractivity contribution in [1.29, 1.82) is 5.26 Å². The molecule has 2 aromatic heterocycles. The van der Waals surface area contributed by atoms with Gasteiger partial charge in [0.1, 0.15) is 5.54 Å². The molecule has 0 aliphatic heterocycles. The zero-order valence-electron chi connectivity index (χ0n) is 13.8. The van der Waals surface area contributed by atoms with E-state index in [-0.39, 0.29) is 11.9 Å². The number of nitrogens with zero attached hydrogens (tertiary/aromatic N) is 4. The standard InChI is InChI=1S/C17H21N5O/c1-11(2)22-15-13(9-19-22)8-14(12(3)20-15)16(23)21-17(10-18)6-4-5-7-17/h8-9,11H,4-7H2,1-3H3,(H,21,23). The van der Waals surface area contributed by atoms with Gasteiger partial charge >= 0.3 is 0 Å². The average Bonchev–Trinajstić information content (AvgIpc) is 3.13. The highest BCUT2D eigenvalue weighted by Gasteiger charge is 2.36. The van der Waals surface area contributed by atoms with Gasteiger partial charge in [0.05, 0.1) is 23.5 Å². The Morgan fingerprint density at radius 2 is 2.13 bits per heavy atom. The first-order valence-corrected chi connectivity index (χ1v) is 8.04. The highest BCUT2D eigenvalue weighted by molar-refractivity contribution is 5.98. The maximum absolute atomic E-state index is 12.6. The van der Waals surface area contributed by atoms with Gasteiger partial charge in [-0.2, -0.15) is 10.4 Å². The molecule has 1 saturated carbocycles. The summed E-state index contributed by atoms with van der Waals surface area (Å²) >= 11 is 0. The quantitative estimate of drug-likeness (QED) is 0.944. The van der Waals surface area contributed by atoms with Gasteiger partial charge in [-0.25, -0.2) is 9.67 Å². The van der Waals surface area contributed by atoms with Crippen molar-refractivity contribution >= 4 is 16.9 Å². The van der Waals surface area contributed by atoms with Crippen LogP contribution in [-0.4, -0.2) is 26.2 Å². The van der Waals surface area contributed by atoms with Gasteiger partial charge in [-0.1, -0.05) is 0 Å². The van der Waals surface area contributed by atoms with E-state index in [0.717, 1.165) is 36.7 Å². The van der Waals surface area contributed by atoms with Gasteiger partial charge in [-0.3, -0.25) is 4.79 Å². The number of aryl methyl sites for hydroxylation is 1. The van der Waals surface area contributed by atoms with Crippen LogP contribution in [0.25, 0.3) is 11.0 Å². The molecule has 2 aromatic rings. The number of hydrogen-bond donors (Lipinski definition) is 1. The summed E-state index contributed by atoms with van der Waals surface area (Å²) in [6.07, 6.45) is 5.12. The maximum atomic E-state index is 12.6. The predicted molar refractivity (Wildman–Crippen MR) is 86.9 cm³/mol. The molecule has 1 N–H and O–H groups in total. The lowest BCUT2D eigenvalue weighted by Crippen LogP contribution is -2.45. The van der Waals surface area contributed by atoms with E-state index in [1.54, 1.807) is 6.20 Å². The molecule has 0 aromatic carbocycles. The van der Waals surface area contributed by atoms with Crippen LogP contribution in [0.2, 0.25) is 0 Å². The Bertz CT molecular complexity index is 793. The van der Waals surface area contributed by atoms with E-state index in [2.05, 4.69) is 21.5 Å². The molecule has 23 heavy (non-hydrogen) atoms. The fourth-order valence-corrected chi connectivity index (χ4v) is 3.20. The maximum Gasteiger partial charge on any atom is 0.254 e. The predicted octanol–water partition coefficient (Wildman–Crippen LogP) is 2.89. The van der Waals surface area contributed by atoms with Gasteiger partial charge < -0.3 is 5.32 Å². The summed E-state index contributed by atoms with van der Waals surface area (Å²) in [6.45, 7) is 5.90. The van der Waals surface area contributed by atoms with Crippen LogP contribution >= 0.6 is 0 Å². The minimum absolute atomic E-state index is 0.208. The molecule has 0 saturated heterocycles. The van der Waals surface area contributed by atoms with Crippen molar-refractivity contribution in [2.75, 3.05) is 0 Å². The first-order valence-electron chi connectivity index (χ1n) is 8.04.